The van der Waals surface area contributed by atoms with E-state index in [1.807, 2.05) is 44.2 Å². The van der Waals surface area contributed by atoms with Crippen LogP contribution in [0, 0.1) is 5.92 Å². The van der Waals surface area contributed by atoms with Crippen LogP contribution in [0.1, 0.15) is 26.3 Å². The molecule has 0 aliphatic rings. The van der Waals surface area contributed by atoms with E-state index >= 15 is 0 Å². The minimum absolute atomic E-state index is 0.175. The van der Waals surface area contributed by atoms with Crippen molar-refractivity contribution >= 4 is 39.1 Å². The lowest BCUT2D eigenvalue weighted by Crippen LogP contribution is -2.51. The number of nitrogens with one attached hydrogen (secondary N) is 1. The molecule has 0 radical (unpaired) electrons. The average molecular weight is 480 g/mol. The zero-order valence-electron chi connectivity index (χ0n) is 18.8. The minimum Gasteiger partial charge on any atom is -0.354 e. The number of carbonyl (C=O) groups excluding carboxylic acids is 2. The number of anilines is 1. The number of hydrogen-bond donors (Lipinski definition) is 1. The summed E-state index contributed by atoms with van der Waals surface area (Å²) in [5, 5.41) is 3.30. The van der Waals surface area contributed by atoms with E-state index in [1.54, 1.807) is 19.1 Å². The van der Waals surface area contributed by atoms with Gasteiger partial charge in [-0.25, -0.2) is 8.42 Å². The van der Waals surface area contributed by atoms with Gasteiger partial charge in [-0.15, -0.1) is 0 Å². The smallest absolute Gasteiger partial charge is 0.244 e. The number of nitrogens with zero attached hydrogens (tertiary/aromatic N) is 2. The number of hydrogen-bond acceptors (Lipinski definition) is 4. The second-order valence-corrected chi connectivity index (χ2v) is 10.4. The zero-order chi connectivity index (χ0) is 23.9. The van der Waals surface area contributed by atoms with Crippen LogP contribution in [0.25, 0.3) is 0 Å². The summed E-state index contributed by atoms with van der Waals surface area (Å²) in [5.74, 6) is -0.517. The van der Waals surface area contributed by atoms with E-state index in [9.17, 15) is 18.0 Å². The standard InChI is InChI=1S/C23H30ClN3O4S/c1-17(2)14-25-23(29)18(3)26(15-19-8-6-5-7-9-19)22(28)16-27(32(4,30)31)21-12-10-20(24)11-13-21/h5-13,17-18H,14-16H2,1-4H3,(H,25,29)/t18-/m0/s1. The molecule has 2 aromatic carbocycles. The summed E-state index contributed by atoms with van der Waals surface area (Å²) in [4.78, 5) is 27.5. The fourth-order valence-electron chi connectivity index (χ4n) is 3.04. The summed E-state index contributed by atoms with van der Waals surface area (Å²) in [6.45, 7) is 5.82. The Hall–Kier alpha value is -2.58. The summed E-state index contributed by atoms with van der Waals surface area (Å²) in [6, 6.07) is 14.7. The van der Waals surface area contributed by atoms with Gasteiger partial charge in [0.25, 0.3) is 0 Å². The van der Waals surface area contributed by atoms with Crippen LogP contribution in [0.3, 0.4) is 0 Å². The maximum absolute atomic E-state index is 13.3. The molecular weight excluding hydrogens is 450 g/mol. The van der Waals surface area contributed by atoms with Gasteiger partial charge in [0, 0.05) is 18.1 Å². The maximum atomic E-state index is 13.3. The van der Waals surface area contributed by atoms with Gasteiger partial charge in [-0.2, -0.15) is 0 Å². The van der Waals surface area contributed by atoms with Gasteiger partial charge in [0.1, 0.15) is 12.6 Å². The van der Waals surface area contributed by atoms with Crippen LogP contribution in [0.5, 0.6) is 0 Å². The Balaban J connectivity index is 2.32. The molecule has 0 spiro atoms. The first-order valence-electron chi connectivity index (χ1n) is 10.3. The van der Waals surface area contributed by atoms with Gasteiger partial charge in [-0.1, -0.05) is 55.8 Å². The third kappa shape index (κ3) is 7.53. The van der Waals surface area contributed by atoms with Crippen molar-refractivity contribution in [3.63, 3.8) is 0 Å². The Morgan fingerprint density at radius 2 is 1.59 bits per heavy atom. The molecule has 0 fully saturated rings. The predicted molar refractivity (Wildman–Crippen MR) is 128 cm³/mol. The number of carbonyl (C=O) groups is 2. The second kappa shape index (κ2) is 11.3. The van der Waals surface area contributed by atoms with Crippen molar-refractivity contribution < 1.29 is 18.0 Å². The highest BCUT2D eigenvalue weighted by Gasteiger charge is 2.30. The summed E-state index contributed by atoms with van der Waals surface area (Å²) < 4.78 is 25.9. The second-order valence-electron chi connectivity index (χ2n) is 8.07. The summed E-state index contributed by atoms with van der Waals surface area (Å²) in [5.41, 5.74) is 1.16. The maximum Gasteiger partial charge on any atom is 0.244 e. The van der Waals surface area contributed by atoms with Crippen LogP contribution in [-0.2, 0) is 26.2 Å². The molecular formula is C23H30ClN3O4S. The fraction of sp³-hybridized carbons (Fsp3) is 0.391. The number of rotatable bonds is 10. The third-order valence-corrected chi connectivity index (χ3v) is 6.23. The molecule has 1 N–H and O–H groups in total. The van der Waals surface area contributed by atoms with Crippen LogP contribution < -0.4 is 9.62 Å². The lowest BCUT2D eigenvalue weighted by Gasteiger charge is -2.31. The third-order valence-electron chi connectivity index (χ3n) is 4.84. The molecule has 7 nitrogen and oxygen atoms in total. The first-order chi connectivity index (χ1) is 15.0. The lowest BCUT2D eigenvalue weighted by molar-refractivity contribution is -0.139. The molecule has 0 aliphatic carbocycles. The van der Waals surface area contributed by atoms with Crippen molar-refractivity contribution in [3.05, 3.63) is 65.2 Å². The Morgan fingerprint density at radius 1 is 1.00 bits per heavy atom. The Morgan fingerprint density at radius 3 is 2.12 bits per heavy atom. The van der Waals surface area contributed by atoms with E-state index in [4.69, 9.17) is 11.6 Å². The average Bonchev–Trinajstić information content (AvgIpc) is 2.74. The Bertz CT molecular complexity index is 1010. The van der Waals surface area contributed by atoms with Gasteiger partial charge in [0.05, 0.1) is 11.9 Å². The van der Waals surface area contributed by atoms with Crippen LogP contribution >= 0.6 is 11.6 Å². The number of benzene rings is 2. The molecule has 9 heteroatoms. The van der Waals surface area contributed by atoms with Gasteiger partial charge in [0.15, 0.2) is 0 Å². The molecule has 0 saturated heterocycles. The van der Waals surface area contributed by atoms with Crippen LogP contribution in [0.2, 0.25) is 5.02 Å². The molecule has 174 valence electrons. The molecule has 0 saturated carbocycles. The van der Waals surface area contributed by atoms with Crippen molar-refractivity contribution in [2.75, 3.05) is 23.7 Å². The fourth-order valence-corrected chi connectivity index (χ4v) is 4.01. The highest BCUT2D eigenvalue weighted by molar-refractivity contribution is 7.92. The predicted octanol–water partition coefficient (Wildman–Crippen LogP) is 3.30. The number of halogens is 1. The summed E-state index contributed by atoms with van der Waals surface area (Å²) in [6.07, 6.45) is 1.04. The molecule has 2 aromatic rings. The largest absolute Gasteiger partial charge is 0.354 e. The van der Waals surface area contributed by atoms with Crippen molar-refractivity contribution in [2.45, 2.75) is 33.4 Å². The molecule has 0 aliphatic heterocycles. The lowest BCUT2D eigenvalue weighted by atomic mass is 10.1. The number of sulfonamides is 1. The van der Waals surface area contributed by atoms with Crippen molar-refractivity contribution in [1.82, 2.24) is 10.2 Å². The topological polar surface area (TPSA) is 86.8 Å². The minimum atomic E-state index is -3.76. The highest BCUT2D eigenvalue weighted by Crippen LogP contribution is 2.21. The molecule has 0 bridgehead atoms. The van der Waals surface area contributed by atoms with E-state index in [1.165, 1.54) is 17.0 Å². The van der Waals surface area contributed by atoms with E-state index in [-0.39, 0.29) is 18.4 Å². The molecule has 0 heterocycles. The quantitative estimate of drug-likeness (QED) is 0.566. The van der Waals surface area contributed by atoms with Crippen LogP contribution in [-0.4, -0.2) is 50.5 Å². The monoisotopic (exact) mass is 479 g/mol. The Kier molecular flexibility index (Phi) is 9.09. The van der Waals surface area contributed by atoms with E-state index in [0.717, 1.165) is 16.1 Å². The van der Waals surface area contributed by atoms with Crippen LogP contribution in [0.4, 0.5) is 5.69 Å². The van der Waals surface area contributed by atoms with Gasteiger partial charge in [-0.3, -0.25) is 13.9 Å². The first kappa shape index (κ1) is 25.7. The molecule has 2 rings (SSSR count). The number of amides is 2. The van der Waals surface area contributed by atoms with E-state index in [0.29, 0.717) is 17.3 Å². The van der Waals surface area contributed by atoms with Crippen LogP contribution in [0.15, 0.2) is 54.6 Å². The molecule has 1 atom stereocenters. The summed E-state index contributed by atoms with van der Waals surface area (Å²) >= 11 is 5.92. The molecule has 2 amide bonds. The SMILES string of the molecule is CC(C)CNC(=O)[C@H](C)N(Cc1ccccc1)C(=O)CN(c1ccc(Cl)cc1)S(C)(=O)=O. The Labute approximate surface area is 195 Å². The summed E-state index contributed by atoms with van der Waals surface area (Å²) in [7, 11) is -3.76. The molecule has 32 heavy (non-hydrogen) atoms. The first-order valence-corrected chi connectivity index (χ1v) is 12.6. The van der Waals surface area contributed by atoms with Crippen molar-refractivity contribution in [1.29, 1.82) is 0 Å². The molecule has 0 aromatic heterocycles. The molecule has 0 unspecified atom stereocenters. The zero-order valence-corrected chi connectivity index (χ0v) is 20.4. The van der Waals surface area contributed by atoms with E-state index < -0.39 is 28.5 Å². The van der Waals surface area contributed by atoms with E-state index in [2.05, 4.69) is 5.32 Å². The van der Waals surface area contributed by atoms with Crippen molar-refractivity contribution in [3.8, 4) is 0 Å². The van der Waals surface area contributed by atoms with Gasteiger partial charge >= 0.3 is 0 Å². The normalized spacial score (nSPS) is 12.3. The van der Waals surface area contributed by atoms with Gasteiger partial charge in [-0.05, 0) is 42.7 Å². The van der Waals surface area contributed by atoms with Gasteiger partial charge < -0.3 is 10.2 Å². The van der Waals surface area contributed by atoms with Crippen molar-refractivity contribution in [2.24, 2.45) is 5.92 Å². The van der Waals surface area contributed by atoms with Gasteiger partial charge in [0.2, 0.25) is 21.8 Å². The highest BCUT2D eigenvalue weighted by atomic mass is 35.5.